The lowest BCUT2D eigenvalue weighted by Gasteiger charge is -2.30. The summed E-state index contributed by atoms with van der Waals surface area (Å²) in [5.74, 6) is 0.800. The molecule has 0 bridgehead atoms. The van der Waals surface area contributed by atoms with E-state index < -0.39 is 10.0 Å². The van der Waals surface area contributed by atoms with E-state index in [1.54, 1.807) is 41.7 Å². The number of primary sulfonamides is 1. The van der Waals surface area contributed by atoms with Crippen molar-refractivity contribution >= 4 is 33.3 Å². The Labute approximate surface area is 201 Å². The second-order valence-corrected chi connectivity index (χ2v) is 9.33. The molecule has 2 aromatic heterocycles. The van der Waals surface area contributed by atoms with E-state index in [0.717, 1.165) is 11.1 Å². The summed E-state index contributed by atoms with van der Waals surface area (Å²) in [6, 6.07) is 17.0. The highest BCUT2D eigenvalue weighted by Crippen LogP contribution is 2.36. The molecular formula is C24H20N6O4S. The van der Waals surface area contributed by atoms with Crippen LogP contribution in [-0.2, 0) is 21.4 Å². The first kappa shape index (κ1) is 22.4. The van der Waals surface area contributed by atoms with Crippen LogP contribution < -0.4 is 20.1 Å². The molecule has 2 aromatic carbocycles. The highest BCUT2D eigenvalue weighted by atomic mass is 32.2. The number of sulfonamides is 1. The fraction of sp³-hybridized carbons (Fsp3) is 0.0833. The van der Waals surface area contributed by atoms with Gasteiger partial charge >= 0.3 is 0 Å². The molecule has 0 atom stereocenters. The van der Waals surface area contributed by atoms with Crippen molar-refractivity contribution in [2.45, 2.75) is 11.4 Å². The molecular weight excluding hydrogens is 468 g/mol. The van der Waals surface area contributed by atoms with Crippen LogP contribution in [0.4, 0.5) is 17.3 Å². The zero-order valence-electron chi connectivity index (χ0n) is 18.3. The lowest BCUT2D eigenvalue weighted by atomic mass is 10.1. The number of anilines is 3. The molecule has 0 fully saturated rings. The van der Waals surface area contributed by atoms with Gasteiger partial charge in [-0.1, -0.05) is 0 Å². The van der Waals surface area contributed by atoms with E-state index in [-0.39, 0.29) is 17.4 Å². The van der Waals surface area contributed by atoms with E-state index >= 15 is 0 Å². The van der Waals surface area contributed by atoms with Gasteiger partial charge in [-0.05, 0) is 66.2 Å². The maximum absolute atomic E-state index is 12.7. The number of hydrogen-bond acceptors (Lipinski definition) is 8. The number of carbonyl (C=O) groups excluding carboxylic acids is 1. The topological polar surface area (TPSA) is 140 Å². The molecule has 3 heterocycles. The molecule has 0 aliphatic carbocycles. The number of benzene rings is 2. The summed E-state index contributed by atoms with van der Waals surface area (Å²) in [4.78, 5) is 27.2. The number of pyridine rings is 1. The summed E-state index contributed by atoms with van der Waals surface area (Å²) in [6.45, 7) is 0.371. The normalized spacial score (nSPS) is 13.2. The summed E-state index contributed by atoms with van der Waals surface area (Å²) in [5, 5.41) is 8.20. The SMILES string of the molecule is NS(=O)(=O)c1ccc(Nc2nccc(-c3ccc4c(c3)N(Cc3ccncc3)C(=O)CO4)n2)cc1. The molecule has 0 unspecified atom stereocenters. The Morgan fingerprint density at radius 2 is 1.77 bits per heavy atom. The first-order valence-electron chi connectivity index (χ1n) is 10.6. The van der Waals surface area contributed by atoms with E-state index in [9.17, 15) is 13.2 Å². The first-order valence-corrected chi connectivity index (χ1v) is 12.1. The number of ether oxygens (including phenoxy) is 1. The Balaban J connectivity index is 1.42. The number of aromatic nitrogens is 3. The van der Waals surface area contributed by atoms with Gasteiger partial charge in [-0.25, -0.2) is 23.5 Å². The molecule has 11 heteroatoms. The highest BCUT2D eigenvalue weighted by molar-refractivity contribution is 7.89. The van der Waals surface area contributed by atoms with Crippen molar-refractivity contribution in [2.24, 2.45) is 5.14 Å². The first-order chi connectivity index (χ1) is 16.9. The van der Waals surface area contributed by atoms with Crippen LogP contribution in [0.1, 0.15) is 5.56 Å². The van der Waals surface area contributed by atoms with Crippen molar-refractivity contribution in [1.82, 2.24) is 15.0 Å². The zero-order valence-corrected chi connectivity index (χ0v) is 19.1. The van der Waals surface area contributed by atoms with Gasteiger partial charge in [0.05, 0.1) is 22.8 Å². The predicted octanol–water partition coefficient (Wildman–Crippen LogP) is 2.86. The number of nitrogens with zero attached hydrogens (tertiary/aromatic N) is 4. The molecule has 0 saturated carbocycles. The van der Waals surface area contributed by atoms with E-state index in [1.165, 1.54) is 12.1 Å². The van der Waals surface area contributed by atoms with Crippen molar-refractivity contribution in [3.63, 3.8) is 0 Å². The molecule has 4 aromatic rings. The van der Waals surface area contributed by atoms with Crippen LogP contribution in [-0.4, -0.2) is 35.9 Å². The minimum atomic E-state index is -3.77. The molecule has 1 aliphatic rings. The Bertz CT molecular complexity index is 1490. The van der Waals surface area contributed by atoms with Crippen molar-refractivity contribution in [2.75, 3.05) is 16.8 Å². The van der Waals surface area contributed by atoms with Crippen molar-refractivity contribution < 1.29 is 17.9 Å². The molecule has 10 nitrogen and oxygen atoms in total. The van der Waals surface area contributed by atoms with Crippen LogP contribution in [0.25, 0.3) is 11.3 Å². The number of carbonyl (C=O) groups is 1. The molecule has 0 spiro atoms. The fourth-order valence-electron chi connectivity index (χ4n) is 3.64. The number of amides is 1. The number of rotatable bonds is 6. The van der Waals surface area contributed by atoms with Crippen LogP contribution in [0.15, 0.2) is 84.1 Å². The van der Waals surface area contributed by atoms with E-state index in [0.29, 0.717) is 35.3 Å². The Morgan fingerprint density at radius 3 is 2.51 bits per heavy atom. The molecule has 0 radical (unpaired) electrons. The van der Waals surface area contributed by atoms with Gasteiger partial charge in [-0.15, -0.1) is 0 Å². The van der Waals surface area contributed by atoms with E-state index in [4.69, 9.17) is 9.88 Å². The van der Waals surface area contributed by atoms with Crippen LogP contribution in [0.5, 0.6) is 5.75 Å². The summed E-state index contributed by atoms with van der Waals surface area (Å²) in [6.07, 6.45) is 4.99. The van der Waals surface area contributed by atoms with Gasteiger partial charge in [0.25, 0.3) is 5.91 Å². The third-order valence-electron chi connectivity index (χ3n) is 5.38. The lowest BCUT2D eigenvalue weighted by Crippen LogP contribution is -2.38. The molecule has 0 saturated heterocycles. The minimum Gasteiger partial charge on any atom is -0.482 e. The molecule has 176 valence electrons. The summed E-state index contributed by atoms with van der Waals surface area (Å²) in [5.41, 5.74) is 3.61. The van der Waals surface area contributed by atoms with Gasteiger partial charge < -0.3 is 15.0 Å². The molecule has 1 aliphatic heterocycles. The third-order valence-corrected chi connectivity index (χ3v) is 6.31. The summed E-state index contributed by atoms with van der Waals surface area (Å²) < 4.78 is 28.5. The van der Waals surface area contributed by atoms with Crippen molar-refractivity contribution in [3.05, 3.63) is 84.8 Å². The van der Waals surface area contributed by atoms with Crippen LogP contribution in [0.2, 0.25) is 0 Å². The van der Waals surface area contributed by atoms with Crippen LogP contribution >= 0.6 is 0 Å². The number of nitrogens with two attached hydrogens (primary N) is 1. The Kier molecular flexibility index (Phi) is 5.85. The summed E-state index contributed by atoms with van der Waals surface area (Å²) >= 11 is 0. The maximum atomic E-state index is 12.7. The third kappa shape index (κ3) is 4.95. The van der Waals surface area contributed by atoms with Gasteiger partial charge in [0.2, 0.25) is 16.0 Å². The fourth-order valence-corrected chi connectivity index (χ4v) is 4.16. The van der Waals surface area contributed by atoms with Crippen molar-refractivity contribution in [1.29, 1.82) is 0 Å². The maximum Gasteiger partial charge on any atom is 0.265 e. The monoisotopic (exact) mass is 488 g/mol. The number of hydrogen-bond donors (Lipinski definition) is 2. The Morgan fingerprint density at radius 1 is 1.00 bits per heavy atom. The molecule has 5 rings (SSSR count). The average Bonchev–Trinajstić information content (AvgIpc) is 2.86. The van der Waals surface area contributed by atoms with E-state index in [2.05, 4.69) is 20.3 Å². The largest absolute Gasteiger partial charge is 0.482 e. The second kappa shape index (κ2) is 9.12. The smallest absolute Gasteiger partial charge is 0.265 e. The quantitative estimate of drug-likeness (QED) is 0.422. The number of nitrogens with one attached hydrogen (secondary N) is 1. The van der Waals surface area contributed by atoms with E-state index in [1.807, 2.05) is 30.3 Å². The van der Waals surface area contributed by atoms with Gasteiger partial charge in [0, 0.05) is 29.8 Å². The summed E-state index contributed by atoms with van der Waals surface area (Å²) in [7, 11) is -3.77. The van der Waals surface area contributed by atoms with Gasteiger partial charge in [-0.2, -0.15) is 0 Å². The second-order valence-electron chi connectivity index (χ2n) is 7.77. The standard InChI is InChI=1S/C24H20N6O4S/c25-35(32,33)19-4-2-18(3-5-19)28-24-27-12-9-20(29-24)17-1-6-22-21(13-17)30(23(31)15-34-22)14-16-7-10-26-11-8-16/h1-13H,14-15H2,(H2,25,32,33)(H,27,28,29). The van der Waals surface area contributed by atoms with Crippen LogP contribution in [0.3, 0.4) is 0 Å². The van der Waals surface area contributed by atoms with Gasteiger partial charge in [0.15, 0.2) is 6.61 Å². The lowest BCUT2D eigenvalue weighted by molar-refractivity contribution is -0.121. The molecule has 3 N–H and O–H groups in total. The predicted molar refractivity (Wildman–Crippen MR) is 129 cm³/mol. The number of fused-ring (bicyclic) bond motifs is 1. The Hall–Kier alpha value is -4.35. The minimum absolute atomic E-state index is 0.0138. The average molecular weight is 489 g/mol. The molecule has 35 heavy (non-hydrogen) atoms. The molecule has 1 amide bonds. The van der Waals surface area contributed by atoms with Gasteiger partial charge in [0.1, 0.15) is 5.75 Å². The highest BCUT2D eigenvalue weighted by Gasteiger charge is 2.26. The van der Waals surface area contributed by atoms with Crippen molar-refractivity contribution in [3.8, 4) is 17.0 Å². The van der Waals surface area contributed by atoms with Crippen LogP contribution in [0, 0.1) is 0 Å². The zero-order chi connectivity index (χ0) is 24.4. The van der Waals surface area contributed by atoms with Gasteiger partial charge in [-0.3, -0.25) is 9.78 Å².